The number of hydrogen-bond donors (Lipinski definition) is 2. The molecular formula is C16H28N4S. The van der Waals surface area contributed by atoms with Crippen molar-refractivity contribution in [1.29, 1.82) is 0 Å². The van der Waals surface area contributed by atoms with Gasteiger partial charge in [-0.15, -0.1) is 11.3 Å². The van der Waals surface area contributed by atoms with Gasteiger partial charge in [-0.1, -0.05) is 13.3 Å². The number of rotatable bonds is 6. The zero-order valence-electron chi connectivity index (χ0n) is 13.5. The lowest BCUT2D eigenvalue weighted by Crippen LogP contribution is -2.47. The van der Waals surface area contributed by atoms with Crippen LogP contribution in [0.4, 0.5) is 0 Å². The summed E-state index contributed by atoms with van der Waals surface area (Å²) in [6.45, 7) is 8.68. The summed E-state index contributed by atoms with van der Waals surface area (Å²) in [6.07, 6.45) is 3.58. The van der Waals surface area contributed by atoms with Crippen LogP contribution in [-0.4, -0.2) is 43.6 Å². The van der Waals surface area contributed by atoms with E-state index in [1.165, 1.54) is 24.8 Å². The molecule has 0 saturated heterocycles. The zero-order chi connectivity index (χ0) is 15.1. The van der Waals surface area contributed by atoms with Crippen LogP contribution < -0.4 is 10.6 Å². The first kappa shape index (κ1) is 16.3. The molecular weight excluding hydrogens is 280 g/mol. The quantitative estimate of drug-likeness (QED) is 0.482. The number of aliphatic imine (C=N–C) groups is 1. The van der Waals surface area contributed by atoms with Crippen LogP contribution in [0.3, 0.4) is 0 Å². The molecule has 1 aliphatic heterocycles. The maximum absolute atomic E-state index is 4.28. The molecule has 0 bridgehead atoms. The smallest absolute Gasteiger partial charge is 0.191 e. The van der Waals surface area contributed by atoms with Gasteiger partial charge in [0.05, 0.1) is 0 Å². The molecule has 0 amide bonds. The Labute approximate surface area is 132 Å². The fraction of sp³-hybridized carbons (Fsp3) is 0.688. The molecule has 0 aromatic carbocycles. The molecule has 0 fully saturated rings. The van der Waals surface area contributed by atoms with E-state index < -0.39 is 0 Å². The number of nitrogens with one attached hydrogen (secondary N) is 2. The molecule has 2 rings (SSSR count). The highest BCUT2D eigenvalue weighted by molar-refractivity contribution is 7.10. The maximum Gasteiger partial charge on any atom is 0.191 e. The Morgan fingerprint density at radius 2 is 2.33 bits per heavy atom. The second-order valence-corrected chi connectivity index (χ2v) is 6.67. The molecule has 118 valence electrons. The molecule has 0 radical (unpaired) electrons. The van der Waals surface area contributed by atoms with Crippen molar-refractivity contribution in [3.05, 3.63) is 21.9 Å². The van der Waals surface area contributed by atoms with E-state index in [0.717, 1.165) is 32.1 Å². The van der Waals surface area contributed by atoms with E-state index in [2.05, 4.69) is 45.8 Å². The first-order chi connectivity index (χ1) is 10.2. The SMILES string of the molecule is CCCCNC(=NC)NCC(C)N1CCc2sccc2C1. The van der Waals surface area contributed by atoms with Gasteiger partial charge in [0.1, 0.15) is 0 Å². The Morgan fingerprint density at radius 3 is 3.10 bits per heavy atom. The van der Waals surface area contributed by atoms with Crippen molar-refractivity contribution in [3.8, 4) is 0 Å². The van der Waals surface area contributed by atoms with Gasteiger partial charge in [0.2, 0.25) is 0 Å². The van der Waals surface area contributed by atoms with Crippen LogP contribution in [0.25, 0.3) is 0 Å². The lowest BCUT2D eigenvalue weighted by Gasteiger charge is -2.32. The number of unbranched alkanes of at least 4 members (excludes halogenated alkanes) is 1. The summed E-state index contributed by atoms with van der Waals surface area (Å²) in [6, 6.07) is 2.79. The normalized spacial score (nSPS) is 17.4. The zero-order valence-corrected chi connectivity index (χ0v) is 14.3. The third-order valence-electron chi connectivity index (χ3n) is 4.07. The summed E-state index contributed by atoms with van der Waals surface area (Å²) >= 11 is 1.90. The molecule has 1 unspecified atom stereocenters. The van der Waals surface area contributed by atoms with Gasteiger partial charge >= 0.3 is 0 Å². The fourth-order valence-electron chi connectivity index (χ4n) is 2.62. The van der Waals surface area contributed by atoms with Gasteiger partial charge in [0, 0.05) is 44.1 Å². The van der Waals surface area contributed by atoms with Gasteiger partial charge in [-0.05, 0) is 36.8 Å². The standard InChI is InChI=1S/C16H28N4S/c1-4-5-8-18-16(17-3)19-11-13(2)20-9-6-15-14(12-20)7-10-21-15/h7,10,13H,4-6,8-9,11-12H2,1-3H3,(H2,17,18,19). The van der Waals surface area contributed by atoms with E-state index in [1.807, 2.05) is 18.4 Å². The molecule has 0 aliphatic carbocycles. The van der Waals surface area contributed by atoms with Gasteiger partial charge in [-0.2, -0.15) is 0 Å². The molecule has 1 aromatic heterocycles. The molecule has 4 nitrogen and oxygen atoms in total. The highest BCUT2D eigenvalue weighted by Crippen LogP contribution is 2.24. The van der Waals surface area contributed by atoms with E-state index in [-0.39, 0.29) is 0 Å². The average molecular weight is 308 g/mol. The number of thiophene rings is 1. The average Bonchev–Trinajstić information content (AvgIpc) is 2.97. The van der Waals surface area contributed by atoms with Crippen molar-refractivity contribution in [1.82, 2.24) is 15.5 Å². The topological polar surface area (TPSA) is 39.7 Å². The minimum atomic E-state index is 0.516. The van der Waals surface area contributed by atoms with E-state index in [1.54, 1.807) is 4.88 Å². The van der Waals surface area contributed by atoms with Crippen molar-refractivity contribution >= 4 is 17.3 Å². The van der Waals surface area contributed by atoms with Crippen LogP contribution in [0.1, 0.15) is 37.1 Å². The number of fused-ring (bicyclic) bond motifs is 1. The number of hydrogen-bond acceptors (Lipinski definition) is 3. The lowest BCUT2D eigenvalue weighted by atomic mass is 10.1. The summed E-state index contributed by atoms with van der Waals surface area (Å²) in [7, 11) is 1.84. The molecule has 2 N–H and O–H groups in total. The van der Waals surface area contributed by atoms with Crippen molar-refractivity contribution < 1.29 is 0 Å². The van der Waals surface area contributed by atoms with E-state index in [4.69, 9.17) is 0 Å². The van der Waals surface area contributed by atoms with Crippen LogP contribution in [0.5, 0.6) is 0 Å². The lowest BCUT2D eigenvalue weighted by molar-refractivity contribution is 0.192. The second-order valence-electron chi connectivity index (χ2n) is 5.67. The maximum atomic E-state index is 4.28. The Kier molecular flexibility index (Phi) is 6.51. The summed E-state index contributed by atoms with van der Waals surface area (Å²) in [5.74, 6) is 0.920. The largest absolute Gasteiger partial charge is 0.356 e. The fourth-order valence-corrected chi connectivity index (χ4v) is 3.51. The Balaban J connectivity index is 1.75. The molecule has 1 aromatic rings. The molecule has 0 saturated carbocycles. The van der Waals surface area contributed by atoms with Gasteiger partial charge in [0.25, 0.3) is 0 Å². The van der Waals surface area contributed by atoms with Crippen molar-refractivity contribution in [2.75, 3.05) is 26.7 Å². The minimum Gasteiger partial charge on any atom is -0.356 e. The summed E-state index contributed by atoms with van der Waals surface area (Å²) in [5, 5.41) is 9.02. The van der Waals surface area contributed by atoms with E-state index in [0.29, 0.717) is 6.04 Å². The number of nitrogens with zero attached hydrogens (tertiary/aromatic N) is 2. The summed E-state index contributed by atoms with van der Waals surface area (Å²) in [5.41, 5.74) is 1.52. The highest BCUT2D eigenvalue weighted by atomic mass is 32.1. The summed E-state index contributed by atoms with van der Waals surface area (Å²) < 4.78 is 0. The predicted molar refractivity (Wildman–Crippen MR) is 92.2 cm³/mol. The molecule has 0 spiro atoms. The van der Waals surface area contributed by atoms with E-state index >= 15 is 0 Å². The summed E-state index contributed by atoms with van der Waals surface area (Å²) in [4.78, 5) is 8.41. The predicted octanol–water partition coefficient (Wildman–Crippen LogP) is 2.46. The third kappa shape index (κ3) is 4.71. The Bertz CT molecular complexity index is 455. The van der Waals surface area contributed by atoms with Gasteiger partial charge in [0.15, 0.2) is 5.96 Å². The van der Waals surface area contributed by atoms with Crippen molar-refractivity contribution in [3.63, 3.8) is 0 Å². The Morgan fingerprint density at radius 1 is 1.48 bits per heavy atom. The van der Waals surface area contributed by atoms with Crippen molar-refractivity contribution in [2.24, 2.45) is 4.99 Å². The molecule has 1 aliphatic rings. The molecule has 5 heteroatoms. The molecule has 1 atom stereocenters. The van der Waals surface area contributed by atoms with E-state index in [9.17, 15) is 0 Å². The molecule has 21 heavy (non-hydrogen) atoms. The number of guanidine groups is 1. The van der Waals surface area contributed by atoms with Gasteiger partial charge in [-0.25, -0.2) is 0 Å². The van der Waals surface area contributed by atoms with Crippen LogP contribution in [0.15, 0.2) is 16.4 Å². The highest BCUT2D eigenvalue weighted by Gasteiger charge is 2.21. The van der Waals surface area contributed by atoms with Gasteiger partial charge in [-0.3, -0.25) is 9.89 Å². The molecule has 2 heterocycles. The van der Waals surface area contributed by atoms with Crippen molar-refractivity contribution in [2.45, 2.75) is 45.7 Å². The first-order valence-corrected chi connectivity index (χ1v) is 8.86. The third-order valence-corrected chi connectivity index (χ3v) is 5.09. The van der Waals surface area contributed by atoms with Gasteiger partial charge < -0.3 is 10.6 Å². The first-order valence-electron chi connectivity index (χ1n) is 7.98. The van der Waals surface area contributed by atoms with Crippen LogP contribution in [0, 0.1) is 0 Å². The van der Waals surface area contributed by atoms with Crippen LogP contribution >= 0.6 is 11.3 Å². The van der Waals surface area contributed by atoms with Crippen LogP contribution in [0.2, 0.25) is 0 Å². The Hall–Kier alpha value is -1.07. The monoisotopic (exact) mass is 308 g/mol. The second kappa shape index (κ2) is 8.39. The van der Waals surface area contributed by atoms with Crippen LogP contribution in [-0.2, 0) is 13.0 Å². The minimum absolute atomic E-state index is 0.516.